The topological polar surface area (TPSA) is 90.6 Å². The van der Waals surface area contributed by atoms with Gasteiger partial charge in [0, 0.05) is 12.5 Å². The van der Waals surface area contributed by atoms with Gasteiger partial charge < -0.3 is 9.84 Å². The highest BCUT2D eigenvalue weighted by atomic mass is 32.2. The smallest absolute Gasteiger partial charge is 0.244 e. The minimum absolute atomic E-state index is 0.0295. The van der Waals surface area contributed by atoms with Gasteiger partial charge in [-0.15, -0.1) is 0 Å². The van der Waals surface area contributed by atoms with E-state index in [-0.39, 0.29) is 35.6 Å². The molecule has 0 aromatic heterocycles. The Kier molecular flexibility index (Phi) is 4.69. The third-order valence-corrected chi connectivity index (χ3v) is 6.72. The Bertz CT molecular complexity index is 713. The molecule has 0 spiro atoms. The quantitative estimate of drug-likeness (QED) is 0.893. The number of aliphatic hydroxyl groups excluding tert-OH is 1. The molecule has 6 nitrogen and oxygen atoms in total. The van der Waals surface area contributed by atoms with Gasteiger partial charge in [0.05, 0.1) is 35.8 Å². The Morgan fingerprint density at radius 1 is 1.30 bits per heavy atom. The highest BCUT2D eigenvalue weighted by Crippen LogP contribution is 2.35. The van der Waals surface area contributed by atoms with Crippen molar-refractivity contribution in [1.82, 2.24) is 4.31 Å². The van der Waals surface area contributed by atoms with Crippen LogP contribution in [0.25, 0.3) is 0 Å². The first-order chi connectivity index (χ1) is 11.1. The lowest BCUT2D eigenvalue weighted by Crippen LogP contribution is -2.53. The predicted molar refractivity (Wildman–Crippen MR) is 83.0 cm³/mol. The number of benzene rings is 1. The summed E-state index contributed by atoms with van der Waals surface area (Å²) < 4.78 is 33.1. The van der Waals surface area contributed by atoms with E-state index in [1.54, 1.807) is 12.1 Å². The molecule has 0 radical (unpaired) electrons. The summed E-state index contributed by atoms with van der Waals surface area (Å²) in [5.74, 6) is -0.112. The largest absolute Gasteiger partial charge is 0.393 e. The Morgan fingerprint density at radius 2 is 2.09 bits per heavy atom. The summed E-state index contributed by atoms with van der Waals surface area (Å²) in [5.41, 5.74) is 0.143. The molecule has 124 valence electrons. The minimum atomic E-state index is -3.80. The summed E-state index contributed by atoms with van der Waals surface area (Å²) in [4.78, 5) is 0.0295. The SMILES string of the molecule is N#Cc1ccccc1S(=O)(=O)N1CCOC[C@@H]1[C@@H]1CCC[C@@H]1O. The fourth-order valence-corrected chi connectivity index (χ4v) is 5.35. The summed E-state index contributed by atoms with van der Waals surface area (Å²) >= 11 is 0. The highest BCUT2D eigenvalue weighted by Gasteiger charge is 2.43. The number of hydrogen-bond donors (Lipinski definition) is 1. The van der Waals surface area contributed by atoms with Gasteiger partial charge in [-0.05, 0) is 25.0 Å². The van der Waals surface area contributed by atoms with Gasteiger partial charge in [0.1, 0.15) is 6.07 Å². The lowest BCUT2D eigenvalue weighted by Gasteiger charge is -2.39. The first-order valence-electron chi connectivity index (χ1n) is 7.82. The zero-order valence-corrected chi connectivity index (χ0v) is 13.6. The third kappa shape index (κ3) is 3.00. The number of aliphatic hydroxyl groups is 1. The fourth-order valence-electron chi connectivity index (χ4n) is 3.57. The third-order valence-electron chi connectivity index (χ3n) is 4.73. The van der Waals surface area contributed by atoms with Gasteiger partial charge in [0.25, 0.3) is 0 Å². The van der Waals surface area contributed by atoms with Crippen LogP contribution in [0, 0.1) is 17.2 Å². The van der Waals surface area contributed by atoms with Crippen LogP contribution in [-0.2, 0) is 14.8 Å². The van der Waals surface area contributed by atoms with E-state index >= 15 is 0 Å². The highest BCUT2D eigenvalue weighted by molar-refractivity contribution is 7.89. The van der Waals surface area contributed by atoms with Crippen molar-refractivity contribution >= 4 is 10.0 Å². The minimum Gasteiger partial charge on any atom is -0.393 e. The van der Waals surface area contributed by atoms with Gasteiger partial charge in [-0.25, -0.2) is 8.42 Å². The van der Waals surface area contributed by atoms with Crippen molar-refractivity contribution in [3.63, 3.8) is 0 Å². The maximum absolute atomic E-state index is 13.1. The van der Waals surface area contributed by atoms with Crippen molar-refractivity contribution in [2.24, 2.45) is 5.92 Å². The molecule has 1 aromatic rings. The van der Waals surface area contributed by atoms with Gasteiger partial charge in [-0.3, -0.25) is 0 Å². The number of nitrogens with zero attached hydrogens (tertiary/aromatic N) is 2. The van der Waals surface area contributed by atoms with Gasteiger partial charge in [0.2, 0.25) is 10.0 Å². The lowest BCUT2D eigenvalue weighted by atomic mass is 9.96. The second kappa shape index (κ2) is 6.57. The predicted octanol–water partition coefficient (Wildman–Crippen LogP) is 1.11. The van der Waals surface area contributed by atoms with Crippen molar-refractivity contribution in [2.75, 3.05) is 19.8 Å². The Labute approximate surface area is 136 Å². The molecule has 2 fully saturated rings. The molecular weight excluding hydrogens is 316 g/mol. The first kappa shape index (κ1) is 16.4. The normalized spacial score (nSPS) is 29.3. The van der Waals surface area contributed by atoms with E-state index in [4.69, 9.17) is 4.74 Å². The molecule has 23 heavy (non-hydrogen) atoms. The summed E-state index contributed by atoms with van der Waals surface area (Å²) in [5, 5.41) is 19.4. The van der Waals surface area contributed by atoms with Gasteiger partial charge in [-0.1, -0.05) is 18.6 Å². The van der Waals surface area contributed by atoms with E-state index in [1.807, 2.05) is 6.07 Å². The number of nitriles is 1. The van der Waals surface area contributed by atoms with Gasteiger partial charge >= 0.3 is 0 Å². The molecule has 1 heterocycles. The van der Waals surface area contributed by atoms with Gasteiger partial charge in [-0.2, -0.15) is 9.57 Å². The number of rotatable bonds is 3. The molecule has 0 unspecified atom stereocenters. The van der Waals surface area contributed by atoms with Crippen LogP contribution in [-0.4, -0.2) is 49.7 Å². The first-order valence-corrected chi connectivity index (χ1v) is 9.26. The van der Waals surface area contributed by atoms with E-state index in [0.717, 1.165) is 12.8 Å². The number of ether oxygens (including phenoxy) is 1. The molecule has 1 N–H and O–H groups in total. The molecular formula is C16H20N2O4S. The van der Waals surface area contributed by atoms with Crippen LogP contribution >= 0.6 is 0 Å². The second-order valence-electron chi connectivity index (χ2n) is 6.03. The molecule has 1 aliphatic carbocycles. The standard InChI is InChI=1S/C16H20N2O4S/c17-10-12-4-1-2-7-16(12)23(20,21)18-8-9-22-11-14(18)13-5-3-6-15(13)19/h1-2,4,7,13-15,19H,3,5-6,8-9,11H2/t13-,14+,15-/m0/s1. The molecule has 1 aliphatic heterocycles. The maximum Gasteiger partial charge on any atom is 0.244 e. The van der Waals surface area contributed by atoms with E-state index in [1.165, 1.54) is 16.4 Å². The zero-order valence-electron chi connectivity index (χ0n) is 12.8. The summed E-state index contributed by atoms with van der Waals surface area (Å²) in [6.07, 6.45) is 1.89. The molecule has 0 amide bonds. The monoisotopic (exact) mass is 336 g/mol. The van der Waals surface area contributed by atoms with Crippen molar-refractivity contribution in [3.8, 4) is 6.07 Å². The molecule has 1 saturated heterocycles. The van der Waals surface area contributed by atoms with E-state index in [9.17, 15) is 18.8 Å². The summed E-state index contributed by atoms with van der Waals surface area (Å²) in [6.45, 7) is 0.860. The second-order valence-corrected chi connectivity index (χ2v) is 7.89. The number of hydrogen-bond acceptors (Lipinski definition) is 5. The molecule has 7 heteroatoms. The van der Waals surface area contributed by atoms with Crippen LogP contribution in [0.2, 0.25) is 0 Å². The average molecular weight is 336 g/mol. The van der Waals surface area contributed by atoms with E-state index < -0.39 is 16.1 Å². The summed E-state index contributed by atoms with van der Waals surface area (Å²) in [6, 6.07) is 7.81. The Hall–Kier alpha value is -1.46. The van der Waals surface area contributed by atoms with Gasteiger partial charge in [0.15, 0.2) is 0 Å². The lowest BCUT2D eigenvalue weighted by molar-refractivity contribution is -0.0148. The molecule has 0 bridgehead atoms. The maximum atomic E-state index is 13.1. The number of sulfonamides is 1. The molecule has 3 rings (SSSR count). The van der Waals surface area contributed by atoms with Crippen LogP contribution in [0.1, 0.15) is 24.8 Å². The Morgan fingerprint density at radius 3 is 2.78 bits per heavy atom. The van der Waals surface area contributed by atoms with Crippen LogP contribution in [0.15, 0.2) is 29.2 Å². The van der Waals surface area contributed by atoms with Crippen LogP contribution < -0.4 is 0 Å². The van der Waals surface area contributed by atoms with Crippen molar-refractivity contribution in [3.05, 3.63) is 29.8 Å². The Balaban J connectivity index is 1.98. The zero-order chi connectivity index (χ0) is 16.4. The fraction of sp³-hybridized carbons (Fsp3) is 0.562. The van der Waals surface area contributed by atoms with Crippen LogP contribution in [0.5, 0.6) is 0 Å². The average Bonchev–Trinajstić information content (AvgIpc) is 3.00. The number of morpholine rings is 1. The van der Waals surface area contributed by atoms with E-state index in [2.05, 4.69) is 0 Å². The van der Waals surface area contributed by atoms with Crippen LogP contribution in [0.3, 0.4) is 0 Å². The molecule has 1 aromatic carbocycles. The van der Waals surface area contributed by atoms with Crippen molar-refractivity contribution in [1.29, 1.82) is 5.26 Å². The molecule has 3 atom stereocenters. The molecule has 2 aliphatic rings. The van der Waals surface area contributed by atoms with E-state index in [0.29, 0.717) is 13.0 Å². The van der Waals surface area contributed by atoms with Crippen molar-refractivity contribution < 1.29 is 18.3 Å². The summed E-state index contributed by atoms with van der Waals surface area (Å²) in [7, 11) is -3.80. The van der Waals surface area contributed by atoms with Crippen molar-refractivity contribution in [2.45, 2.75) is 36.3 Å². The van der Waals surface area contributed by atoms with Crippen LogP contribution in [0.4, 0.5) is 0 Å². The molecule has 1 saturated carbocycles.